The van der Waals surface area contributed by atoms with Crippen LogP contribution in [0.25, 0.3) is 11.6 Å². The number of rotatable bonds is 4. The molecule has 3 N–H and O–H groups in total. The zero-order chi connectivity index (χ0) is 10.7. The number of aromatic amines is 1. The molecule has 0 aromatic carbocycles. The third kappa shape index (κ3) is 2.24. The Morgan fingerprint density at radius 1 is 1.40 bits per heavy atom. The van der Waals surface area contributed by atoms with E-state index in [1.54, 1.807) is 12.4 Å². The molecule has 0 aliphatic rings. The maximum Gasteiger partial charge on any atom is 0.195 e. The van der Waals surface area contributed by atoms with E-state index in [0.29, 0.717) is 18.2 Å². The van der Waals surface area contributed by atoms with Crippen molar-refractivity contribution in [1.29, 1.82) is 0 Å². The normalized spacial score (nSPS) is 10.8. The highest BCUT2D eigenvalue weighted by atomic mass is 16.4. The Morgan fingerprint density at radius 2 is 2.27 bits per heavy atom. The Bertz CT molecular complexity index is 432. The summed E-state index contributed by atoms with van der Waals surface area (Å²) in [5.74, 6) is 2.11. The largest absolute Gasteiger partial charge is 0.437 e. The van der Waals surface area contributed by atoms with Crippen LogP contribution in [0, 0.1) is 6.92 Å². The Hall–Kier alpha value is -1.62. The zero-order valence-electron chi connectivity index (χ0n) is 8.66. The molecule has 2 rings (SSSR count). The number of nitrogens with two attached hydrogens (primary N) is 1. The molecule has 0 spiro atoms. The first-order chi connectivity index (χ1) is 7.29. The average Bonchev–Trinajstić information content (AvgIpc) is 2.83. The van der Waals surface area contributed by atoms with E-state index in [9.17, 15) is 0 Å². The smallest absolute Gasteiger partial charge is 0.195 e. The molecule has 0 amide bonds. The maximum absolute atomic E-state index is 5.52. The minimum Gasteiger partial charge on any atom is -0.437 e. The van der Waals surface area contributed by atoms with Gasteiger partial charge in [-0.25, -0.2) is 9.97 Å². The monoisotopic (exact) mass is 206 g/mol. The first-order valence-electron chi connectivity index (χ1n) is 4.96. The minimum atomic E-state index is 0.650. The molecule has 0 aliphatic carbocycles. The molecule has 2 aromatic rings. The molecule has 2 aromatic heterocycles. The number of imidazole rings is 1. The van der Waals surface area contributed by atoms with Crippen LogP contribution in [0.3, 0.4) is 0 Å². The van der Waals surface area contributed by atoms with Crippen molar-refractivity contribution in [1.82, 2.24) is 15.0 Å². The number of hydrogen-bond acceptors (Lipinski definition) is 4. The molecule has 0 saturated carbocycles. The highest BCUT2D eigenvalue weighted by Gasteiger charge is 2.08. The molecule has 0 saturated heterocycles. The maximum atomic E-state index is 5.52. The summed E-state index contributed by atoms with van der Waals surface area (Å²) in [6, 6.07) is 0. The van der Waals surface area contributed by atoms with E-state index in [2.05, 4.69) is 15.0 Å². The number of hydrogen-bond donors (Lipinski definition) is 2. The van der Waals surface area contributed by atoms with Crippen LogP contribution < -0.4 is 5.73 Å². The molecule has 5 nitrogen and oxygen atoms in total. The van der Waals surface area contributed by atoms with Crippen molar-refractivity contribution in [2.45, 2.75) is 19.8 Å². The standard InChI is InChI=1S/C10H14N4O/c1-7-5-13-10(14-7)8-6-12-9(15-8)3-2-4-11/h5-6H,2-4,11H2,1H3,(H,13,14). The van der Waals surface area contributed by atoms with Crippen molar-refractivity contribution < 1.29 is 4.42 Å². The summed E-state index contributed by atoms with van der Waals surface area (Å²) in [7, 11) is 0. The lowest BCUT2D eigenvalue weighted by Gasteiger charge is -1.91. The number of nitrogens with zero attached hydrogens (tertiary/aromatic N) is 2. The van der Waals surface area contributed by atoms with E-state index in [1.165, 1.54) is 0 Å². The van der Waals surface area contributed by atoms with E-state index >= 15 is 0 Å². The quantitative estimate of drug-likeness (QED) is 0.789. The number of H-pyrrole nitrogens is 1. The Balaban J connectivity index is 2.13. The van der Waals surface area contributed by atoms with E-state index in [4.69, 9.17) is 10.2 Å². The number of aryl methyl sites for hydroxylation is 2. The summed E-state index contributed by atoms with van der Waals surface area (Å²) < 4.78 is 5.52. The van der Waals surface area contributed by atoms with Crippen molar-refractivity contribution in [2.75, 3.05) is 6.54 Å². The van der Waals surface area contributed by atoms with Gasteiger partial charge in [-0.05, 0) is 19.9 Å². The SMILES string of the molecule is Cc1cnc(-c2cnc(CCCN)o2)[nH]1. The lowest BCUT2D eigenvalue weighted by molar-refractivity contribution is 0.497. The van der Waals surface area contributed by atoms with Crippen LogP contribution in [0.2, 0.25) is 0 Å². The van der Waals surface area contributed by atoms with E-state index < -0.39 is 0 Å². The van der Waals surface area contributed by atoms with Crippen LogP contribution in [0.1, 0.15) is 18.0 Å². The van der Waals surface area contributed by atoms with E-state index in [1.807, 2.05) is 6.92 Å². The fourth-order valence-corrected chi connectivity index (χ4v) is 1.33. The molecule has 0 aliphatic heterocycles. The van der Waals surface area contributed by atoms with E-state index in [-0.39, 0.29) is 0 Å². The summed E-state index contributed by atoms with van der Waals surface area (Å²) in [5.41, 5.74) is 6.41. The van der Waals surface area contributed by atoms with Gasteiger partial charge in [0, 0.05) is 18.3 Å². The lowest BCUT2D eigenvalue weighted by Crippen LogP contribution is -2.00. The highest BCUT2D eigenvalue weighted by molar-refractivity contribution is 5.45. The molecule has 2 heterocycles. The van der Waals surface area contributed by atoms with Gasteiger partial charge in [0.1, 0.15) is 0 Å². The van der Waals surface area contributed by atoms with E-state index in [0.717, 1.165) is 24.4 Å². The second-order valence-electron chi connectivity index (χ2n) is 3.43. The molecule has 0 fully saturated rings. The Morgan fingerprint density at radius 3 is 2.93 bits per heavy atom. The summed E-state index contributed by atoms with van der Waals surface area (Å²) in [6.45, 7) is 2.60. The molecule has 80 valence electrons. The van der Waals surface area contributed by atoms with Crippen LogP contribution in [0.15, 0.2) is 16.8 Å². The highest BCUT2D eigenvalue weighted by Crippen LogP contribution is 2.17. The van der Waals surface area contributed by atoms with Crippen LogP contribution in [-0.2, 0) is 6.42 Å². The van der Waals surface area contributed by atoms with Gasteiger partial charge in [-0.15, -0.1) is 0 Å². The molecule has 0 radical (unpaired) electrons. The molecular weight excluding hydrogens is 192 g/mol. The Labute approximate surface area is 87.7 Å². The van der Waals surface area contributed by atoms with Crippen molar-refractivity contribution in [2.24, 2.45) is 5.73 Å². The lowest BCUT2D eigenvalue weighted by atomic mass is 10.3. The first kappa shape index (κ1) is 9.92. The van der Waals surface area contributed by atoms with Crippen LogP contribution in [-0.4, -0.2) is 21.5 Å². The third-order valence-electron chi connectivity index (χ3n) is 2.08. The van der Waals surface area contributed by atoms with Gasteiger partial charge in [0.2, 0.25) is 0 Å². The van der Waals surface area contributed by atoms with Crippen molar-refractivity contribution in [3.8, 4) is 11.6 Å². The molecular formula is C10H14N4O. The van der Waals surface area contributed by atoms with Crippen molar-refractivity contribution in [3.05, 3.63) is 24.0 Å². The Kier molecular flexibility index (Phi) is 2.82. The predicted molar refractivity (Wildman–Crippen MR) is 56.2 cm³/mol. The van der Waals surface area contributed by atoms with Crippen molar-refractivity contribution >= 4 is 0 Å². The topological polar surface area (TPSA) is 80.7 Å². The summed E-state index contributed by atoms with van der Waals surface area (Å²) in [4.78, 5) is 11.4. The molecule has 0 atom stereocenters. The number of oxazole rings is 1. The van der Waals surface area contributed by atoms with Crippen LogP contribution in [0.4, 0.5) is 0 Å². The van der Waals surface area contributed by atoms with Crippen LogP contribution in [0.5, 0.6) is 0 Å². The summed E-state index contributed by atoms with van der Waals surface area (Å²) >= 11 is 0. The minimum absolute atomic E-state index is 0.650. The van der Waals surface area contributed by atoms with Gasteiger partial charge in [0.15, 0.2) is 17.5 Å². The number of nitrogens with one attached hydrogen (secondary N) is 1. The van der Waals surface area contributed by atoms with Crippen molar-refractivity contribution in [3.63, 3.8) is 0 Å². The van der Waals surface area contributed by atoms with Gasteiger partial charge in [0.05, 0.1) is 6.20 Å². The zero-order valence-corrected chi connectivity index (χ0v) is 8.66. The summed E-state index contributed by atoms with van der Waals surface area (Å²) in [6.07, 6.45) is 5.11. The van der Waals surface area contributed by atoms with Gasteiger partial charge >= 0.3 is 0 Å². The van der Waals surface area contributed by atoms with Gasteiger partial charge in [-0.2, -0.15) is 0 Å². The second kappa shape index (κ2) is 4.27. The average molecular weight is 206 g/mol. The van der Waals surface area contributed by atoms with Gasteiger partial charge in [-0.3, -0.25) is 0 Å². The molecule has 0 unspecified atom stereocenters. The molecule has 15 heavy (non-hydrogen) atoms. The van der Waals surface area contributed by atoms with Gasteiger partial charge in [-0.1, -0.05) is 0 Å². The molecule has 5 heteroatoms. The second-order valence-corrected chi connectivity index (χ2v) is 3.43. The van der Waals surface area contributed by atoms with Gasteiger partial charge < -0.3 is 15.1 Å². The fourth-order valence-electron chi connectivity index (χ4n) is 1.33. The summed E-state index contributed by atoms with van der Waals surface area (Å²) in [5, 5.41) is 0. The first-order valence-corrected chi connectivity index (χ1v) is 4.96. The van der Waals surface area contributed by atoms with Crippen LogP contribution >= 0.6 is 0 Å². The number of aromatic nitrogens is 3. The predicted octanol–water partition coefficient (Wildman–Crippen LogP) is 1.26. The van der Waals surface area contributed by atoms with Gasteiger partial charge in [0.25, 0.3) is 0 Å². The fraction of sp³-hybridized carbons (Fsp3) is 0.400. The molecule has 0 bridgehead atoms. The third-order valence-corrected chi connectivity index (χ3v) is 2.08.